The van der Waals surface area contributed by atoms with Crippen LogP contribution < -0.4 is 14.9 Å². The van der Waals surface area contributed by atoms with Gasteiger partial charge in [0.1, 0.15) is 0 Å². The van der Waals surface area contributed by atoms with Crippen LogP contribution in [0, 0.1) is 5.92 Å². The molecular weight excluding hydrogens is 242 g/mol. The maximum Gasteiger partial charge on any atom is 0.440 e. The van der Waals surface area contributed by atoms with Crippen LogP contribution in [0.1, 0.15) is 55.4 Å². The summed E-state index contributed by atoms with van der Waals surface area (Å²) < 4.78 is 6.23. The quantitative estimate of drug-likeness (QED) is 0.564. The summed E-state index contributed by atoms with van der Waals surface area (Å²) >= 11 is 0. The smallest absolute Gasteiger partial charge is 0.380 e. The van der Waals surface area contributed by atoms with Gasteiger partial charge in [-0.05, 0) is 24.0 Å². The van der Waals surface area contributed by atoms with E-state index in [0.29, 0.717) is 24.0 Å². The van der Waals surface area contributed by atoms with Gasteiger partial charge in [0, 0.05) is 6.61 Å². The van der Waals surface area contributed by atoms with E-state index in [1.54, 1.807) is 0 Å². The summed E-state index contributed by atoms with van der Waals surface area (Å²) in [5, 5.41) is 0. The molecule has 18 heavy (non-hydrogen) atoms. The van der Waals surface area contributed by atoms with Crippen molar-refractivity contribution in [1.82, 2.24) is 14.9 Å². The zero-order valence-corrected chi connectivity index (χ0v) is 14.4. The van der Waals surface area contributed by atoms with Crippen molar-refractivity contribution in [1.29, 1.82) is 0 Å². The molecule has 0 unspecified atom stereocenters. The average Bonchev–Trinajstić information content (AvgIpc) is 2.11. The predicted molar refractivity (Wildman–Crippen MR) is 81.4 cm³/mol. The normalized spacial score (nSPS) is 13.3. The van der Waals surface area contributed by atoms with Crippen LogP contribution in [0.15, 0.2) is 0 Å². The number of nitrogens with one attached hydrogen (secondary N) is 3. The molecule has 0 saturated carbocycles. The second-order valence-electron chi connectivity index (χ2n) is 6.28. The largest absolute Gasteiger partial charge is 0.440 e. The fourth-order valence-electron chi connectivity index (χ4n) is 1.76. The summed E-state index contributed by atoms with van der Waals surface area (Å²) in [4.78, 5) is 10.8. The Morgan fingerprint density at radius 3 is 1.28 bits per heavy atom. The van der Waals surface area contributed by atoms with E-state index >= 15 is 0 Å². The van der Waals surface area contributed by atoms with E-state index in [1.165, 1.54) is 0 Å². The zero-order chi connectivity index (χ0) is 14.3. The third-order valence-electron chi connectivity index (χ3n) is 2.11. The van der Waals surface area contributed by atoms with E-state index in [1.807, 2.05) is 0 Å². The summed E-state index contributed by atoms with van der Waals surface area (Å²) in [6, 6.07) is 1.17. The lowest BCUT2D eigenvalue weighted by Crippen LogP contribution is -2.78. The van der Waals surface area contributed by atoms with Crippen molar-refractivity contribution >= 4 is 8.80 Å². The molecule has 0 aliphatic rings. The molecule has 3 N–H and O–H groups in total. The van der Waals surface area contributed by atoms with Gasteiger partial charge in [-0.1, -0.05) is 55.4 Å². The molecule has 0 aromatic rings. The van der Waals surface area contributed by atoms with Crippen LogP contribution in [0.25, 0.3) is 0 Å². The highest BCUT2D eigenvalue weighted by molar-refractivity contribution is 6.66. The van der Waals surface area contributed by atoms with Crippen molar-refractivity contribution in [2.45, 2.75) is 73.5 Å². The molecular formula is C13H33N3OSi. The third kappa shape index (κ3) is 8.21. The van der Waals surface area contributed by atoms with Crippen LogP contribution in [-0.4, -0.2) is 33.5 Å². The van der Waals surface area contributed by atoms with Crippen molar-refractivity contribution in [3.8, 4) is 0 Å². The van der Waals surface area contributed by atoms with E-state index in [-0.39, 0.29) is 0 Å². The van der Waals surface area contributed by atoms with Gasteiger partial charge in [0.25, 0.3) is 0 Å². The summed E-state index contributed by atoms with van der Waals surface area (Å²) in [5.41, 5.74) is 0. The highest BCUT2D eigenvalue weighted by Crippen LogP contribution is 2.03. The molecule has 0 atom stereocenters. The second kappa shape index (κ2) is 8.27. The lowest BCUT2D eigenvalue weighted by Gasteiger charge is -2.37. The Bertz CT molecular complexity index is 194. The molecule has 0 aliphatic carbocycles. The van der Waals surface area contributed by atoms with Crippen molar-refractivity contribution in [2.24, 2.45) is 5.92 Å². The molecule has 0 aliphatic heterocycles. The Morgan fingerprint density at radius 2 is 1.06 bits per heavy atom. The van der Waals surface area contributed by atoms with Gasteiger partial charge < -0.3 is 4.43 Å². The molecule has 110 valence electrons. The SMILES string of the molecule is CC(C)CO[Si](NC(C)C)(NC(C)C)NC(C)C. The van der Waals surface area contributed by atoms with Gasteiger partial charge in [0.2, 0.25) is 0 Å². The van der Waals surface area contributed by atoms with E-state index in [4.69, 9.17) is 4.43 Å². The number of hydrogen-bond donors (Lipinski definition) is 3. The van der Waals surface area contributed by atoms with E-state index in [0.717, 1.165) is 6.61 Å². The number of hydrogen-bond acceptors (Lipinski definition) is 4. The van der Waals surface area contributed by atoms with Gasteiger partial charge in [-0.15, -0.1) is 0 Å². The molecule has 0 amide bonds. The first kappa shape index (κ1) is 18.1. The molecule has 0 heterocycles. The van der Waals surface area contributed by atoms with Gasteiger partial charge in [-0.25, -0.2) is 0 Å². The Hall–Kier alpha value is 0.0569. The average molecular weight is 276 g/mol. The van der Waals surface area contributed by atoms with Gasteiger partial charge >= 0.3 is 8.80 Å². The minimum atomic E-state index is -2.30. The summed E-state index contributed by atoms with van der Waals surface area (Å²) in [6.45, 7) is 18.1. The molecule has 0 saturated heterocycles. The zero-order valence-electron chi connectivity index (χ0n) is 13.4. The summed E-state index contributed by atoms with van der Waals surface area (Å²) in [5.74, 6) is 0.536. The molecule has 4 nitrogen and oxygen atoms in total. The Kier molecular flexibility index (Phi) is 8.30. The number of rotatable bonds is 9. The monoisotopic (exact) mass is 275 g/mol. The van der Waals surface area contributed by atoms with Crippen LogP contribution in [0.5, 0.6) is 0 Å². The molecule has 0 spiro atoms. The first-order chi connectivity index (χ1) is 8.17. The highest BCUT2D eigenvalue weighted by atomic mass is 28.4. The molecule has 0 fully saturated rings. The standard InChI is InChI=1S/C13H33N3OSi/c1-10(2)9-17-18(14-11(3)4,15-12(5)6)16-13(7)8/h10-16H,9H2,1-8H3. The molecule has 0 radical (unpaired) electrons. The maximum absolute atomic E-state index is 6.23. The molecule has 5 heteroatoms. The fourth-order valence-corrected chi connectivity index (χ4v) is 5.28. The van der Waals surface area contributed by atoms with Crippen molar-refractivity contribution in [3.05, 3.63) is 0 Å². The maximum atomic E-state index is 6.23. The van der Waals surface area contributed by atoms with Crippen LogP contribution >= 0.6 is 0 Å². The van der Waals surface area contributed by atoms with Crippen molar-refractivity contribution < 1.29 is 4.43 Å². The Balaban J connectivity index is 4.85. The van der Waals surface area contributed by atoms with Gasteiger partial charge in [0.05, 0.1) is 0 Å². The van der Waals surface area contributed by atoms with Crippen LogP contribution in [-0.2, 0) is 4.43 Å². The van der Waals surface area contributed by atoms with E-state index in [2.05, 4.69) is 70.3 Å². The summed E-state index contributed by atoms with van der Waals surface area (Å²) in [6.07, 6.45) is 0. The van der Waals surface area contributed by atoms with Gasteiger partial charge in [0.15, 0.2) is 0 Å². The summed E-state index contributed by atoms with van der Waals surface area (Å²) in [7, 11) is -2.30. The van der Waals surface area contributed by atoms with Crippen LogP contribution in [0.3, 0.4) is 0 Å². The molecule has 0 rings (SSSR count). The Labute approximate surface area is 115 Å². The van der Waals surface area contributed by atoms with E-state index < -0.39 is 8.80 Å². The lowest BCUT2D eigenvalue weighted by atomic mass is 10.2. The lowest BCUT2D eigenvalue weighted by molar-refractivity contribution is 0.222. The predicted octanol–water partition coefficient (Wildman–Crippen LogP) is 2.09. The third-order valence-corrected chi connectivity index (χ3v) is 5.66. The van der Waals surface area contributed by atoms with Crippen LogP contribution in [0.4, 0.5) is 0 Å². The first-order valence-electron chi connectivity index (χ1n) is 7.14. The van der Waals surface area contributed by atoms with Crippen LogP contribution in [0.2, 0.25) is 0 Å². The van der Waals surface area contributed by atoms with Gasteiger partial charge in [-0.2, -0.15) is 0 Å². The molecule has 0 bridgehead atoms. The highest BCUT2D eigenvalue weighted by Gasteiger charge is 2.39. The van der Waals surface area contributed by atoms with Gasteiger partial charge in [-0.3, -0.25) is 14.9 Å². The Morgan fingerprint density at radius 1 is 0.722 bits per heavy atom. The van der Waals surface area contributed by atoms with Crippen molar-refractivity contribution in [3.63, 3.8) is 0 Å². The van der Waals surface area contributed by atoms with Crippen molar-refractivity contribution in [2.75, 3.05) is 6.61 Å². The van der Waals surface area contributed by atoms with E-state index in [9.17, 15) is 0 Å². The minimum Gasteiger partial charge on any atom is -0.380 e. The fraction of sp³-hybridized carbons (Fsp3) is 1.00. The topological polar surface area (TPSA) is 45.3 Å². The molecule has 0 aromatic heterocycles. The first-order valence-corrected chi connectivity index (χ1v) is 9.04. The molecule has 0 aromatic carbocycles. The minimum absolute atomic E-state index is 0.390. The second-order valence-corrected chi connectivity index (χ2v) is 8.80.